The molecule has 2 rings (SSSR count). The van der Waals surface area contributed by atoms with Crippen LogP contribution in [0.1, 0.15) is 33.3 Å². The number of aliphatic hydroxyl groups excluding tert-OH is 1. The maximum absolute atomic E-state index is 10.7. The van der Waals surface area contributed by atoms with Gasteiger partial charge in [0.2, 0.25) is 0 Å². The molecule has 0 fully saturated rings. The van der Waals surface area contributed by atoms with E-state index in [-0.39, 0.29) is 11.6 Å². The van der Waals surface area contributed by atoms with Crippen LogP contribution in [0.25, 0.3) is 10.1 Å². The Labute approximate surface area is 126 Å². The lowest BCUT2D eigenvalue weighted by molar-refractivity contribution is -0.00394. The molecule has 1 N–H and O–H groups in total. The van der Waals surface area contributed by atoms with Gasteiger partial charge in [-0.25, -0.2) is 0 Å². The molecular formula is C17H25NOS. The summed E-state index contributed by atoms with van der Waals surface area (Å²) in [6, 6.07) is 8.43. The quantitative estimate of drug-likeness (QED) is 0.872. The minimum atomic E-state index is -0.361. The van der Waals surface area contributed by atoms with Crippen molar-refractivity contribution in [3.63, 3.8) is 0 Å². The molecule has 0 amide bonds. The molecule has 1 aromatic carbocycles. The number of nitrogens with zero attached hydrogens (tertiary/aromatic N) is 1. The lowest BCUT2D eigenvalue weighted by Crippen LogP contribution is -2.53. The largest absolute Gasteiger partial charge is 0.391 e. The number of fused-ring (bicyclic) bond motifs is 1. The fraction of sp³-hybridized carbons (Fsp3) is 0.529. The zero-order chi connectivity index (χ0) is 14.8. The highest BCUT2D eigenvalue weighted by Gasteiger charge is 2.33. The summed E-state index contributed by atoms with van der Waals surface area (Å²) in [7, 11) is 0. The Hall–Kier alpha value is -0.900. The fourth-order valence-corrected chi connectivity index (χ4v) is 3.87. The number of hydrogen-bond donors (Lipinski definition) is 1. The van der Waals surface area contributed by atoms with Gasteiger partial charge in [-0.3, -0.25) is 4.90 Å². The molecule has 0 saturated carbocycles. The van der Waals surface area contributed by atoms with E-state index in [2.05, 4.69) is 62.2 Å². The Bertz CT molecular complexity index is 557. The van der Waals surface area contributed by atoms with Crippen LogP contribution in [0, 0.1) is 0 Å². The summed E-state index contributed by atoms with van der Waals surface area (Å²) in [5.74, 6) is 0. The Balaban J connectivity index is 2.20. The second kappa shape index (κ2) is 6.25. The van der Waals surface area contributed by atoms with Gasteiger partial charge >= 0.3 is 0 Å². The minimum absolute atomic E-state index is 0.202. The Morgan fingerprint density at radius 1 is 1.20 bits per heavy atom. The van der Waals surface area contributed by atoms with Crippen molar-refractivity contribution in [2.45, 2.75) is 45.8 Å². The summed E-state index contributed by atoms with van der Waals surface area (Å²) in [5.41, 5.74) is 1.06. The van der Waals surface area contributed by atoms with Crippen molar-refractivity contribution in [1.82, 2.24) is 4.90 Å². The van der Waals surface area contributed by atoms with Gasteiger partial charge in [0.15, 0.2) is 0 Å². The fourth-order valence-electron chi connectivity index (χ4n) is 2.90. The van der Waals surface area contributed by atoms with Crippen molar-refractivity contribution in [3.8, 4) is 0 Å². The van der Waals surface area contributed by atoms with E-state index in [1.165, 1.54) is 15.6 Å². The van der Waals surface area contributed by atoms with Gasteiger partial charge in [0.25, 0.3) is 0 Å². The Morgan fingerprint density at radius 2 is 1.85 bits per heavy atom. The highest BCUT2D eigenvalue weighted by Crippen LogP contribution is 2.29. The van der Waals surface area contributed by atoms with Gasteiger partial charge in [-0.05, 0) is 49.3 Å². The van der Waals surface area contributed by atoms with E-state index < -0.39 is 0 Å². The maximum atomic E-state index is 10.7. The molecule has 0 saturated heterocycles. The first-order chi connectivity index (χ1) is 9.50. The van der Waals surface area contributed by atoms with Crippen molar-refractivity contribution < 1.29 is 5.11 Å². The van der Waals surface area contributed by atoms with Gasteiger partial charge in [0, 0.05) is 16.7 Å². The molecule has 2 aromatic rings. The summed E-state index contributed by atoms with van der Waals surface area (Å²) in [6.07, 6.45) is 0.355. The van der Waals surface area contributed by atoms with Crippen LogP contribution >= 0.6 is 11.3 Å². The monoisotopic (exact) mass is 291 g/mol. The van der Waals surface area contributed by atoms with Crippen molar-refractivity contribution in [2.24, 2.45) is 0 Å². The molecule has 1 unspecified atom stereocenters. The highest BCUT2D eigenvalue weighted by atomic mass is 32.1. The first kappa shape index (κ1) is 15.5. The van der Waals surface area contributed by atoms with E-state index in [0.29, 0.717) is 6.42 Å². The smallest absolute Gasteiger partial charge is 0.0759 e. The van der Waals surface area contributed by atoms with Crippen LogP contribution in [0.2, 0.25) is 0 Å². The predicted octanol–water partition coefficient (Wildman–Crippen LogP) is 3.93. The van der Waals surface area contributed by atoms with Gasteiger partial charge in [-0.15, -0.1) is 11.3 Å². The van der Waals surface area contributed by atoms with Gasteiger partial charge in [-0.1, -0.05) is 32.0 Å². The zero-order valence-corrected chi connectivity index (χ0v) is 13.7. The lowest BCUT2D eigenvalue weighted by atomic mass is 9.90. The summed E-state index contributed by atoms with van der Waals surface area (Å²) < 4.78 is 1.30. The van der Waals surface area contributed by atoms with Gasteiger partial charge in [0.1, 0.15) is 0 Å². The molecule has 2 nitrogen and oxygen atoms in total. The van der Waals surface area contributed by atoms with E-state index in [1.54, 1.807) is 11.3 Å². The second-order valence-corrected chi connectivity index (χ2v) is 6.71. The average molecular weight is 291 g/mol. The molecule has 0 aliphatic rings. The highest BCUT2D eigenvalue weighted by molar-refractivity contribution is 7.17. The molecule has 1 aromatic heterocycles. The summed E-state index contributed by atoms with van der Waals surface area (Å²) in [4.78, 5) is 2.33. The molecule has 0 aliphatic carbocycles. The van der Waals surface area contributed by atoms with Crippen molar-refractivity contribution in [2.75, 3.05) is 13.1 Å². The molecule has 0 spiro atoms. The van der Waals surface area contributed by atoms with Crippen LogP contribution in [0.3, 0.4) is 0 Å². The van der Waals surface area contributed by atoms with Crippen LogP contribution < -0.4 is 0 Å². The molecule has 0 radical (unpaired) electrons. The van der Waals surface area contributed by atoms with Crippen LogP contribution in [0.15, 0.2) is 29.6 Å². The van der Waals surface area contributed by atoms with E-state index in [9.17, 15) is 5.11 Å². The van der Waals surface area contributed by atoms with Crippen molar-refractivity contribution in [3.05, 3.63) is 35.2 Å². The molecule has 1 heterocycles. The third-order valence-electron chi connectivity index (χ3n) is 4.37. The maximum Gasteiger partial charge on any atom is 0.0759 e. The van der Waals surface area contributed by atoms with Crippen LogP contribution in [0.5, 0.6) is 0 Å². The standard InChI is InChI=1S/C17H25NOS/c1-5-18(6-2)17(3,4)16(19)11-13-12-20-15-10-8-7-9-14(13)15/h7-10,12,16,19H,5-6,11H2,1-4H3. The number of benzene rings is 1. The van der Waals surface area contributed by atoms with E-state index in [1.807, 2.05) is 0 Å². The topological polar surface area (TPSA) is 23.5 Å². The summed E-state index contributed by atoms with van der Waals surface area (Å²) >= 11 is 1.76. The summed E-state index contributed by atoms with van der Waals surface area (Å²) in [5, 5.41) is 14.2. The van der Waals surface area contributed by atoms with E-state index >= 15 is 0 Å². The van der Waals surface area contributed by atoms with Crippen LogP contribution in [0.4, 0.5) is 0 Å². The lowest BCUT2D eigenvalue weighted by Gasteiger charge is -2.41. The first-order valence-corrected chi connectivity index (χ1v) is 8.26. The SMILES string of the molecule is CCN(CC)C(C)(C)C(O)Cc1csc2ccccc12. The first-order valence-electron chi connectivity index (χ1n) is 7.38. The van der Waals surface area contributed by atoms with E-state index in [0.717, 1.165) is 13.1 Å². The Morgan fingerprint density at radius 3 is 2.50 bits per heavy atom. The van der Waals surface area contributed by atoms with E-state index in [4.69, 9.17) is 0 Å². The molecule has 3 heteroatoms. The van der Waals surface area contributed by atoms with Crippen molar-refractivity contribution in [1.29, 1.82) is 0 Å². The number of likely N-dealkylation sites (N-methyl/N-ethyl adjacent to an activating group) is 1. The molecule has 110 valence electrons. The summed E-state index contributed by atoms with van der Waals surface area (Å²) in [6.45, 7) is 10.5. The van der Waals surface area contributed by atoms with Crippen LogP contribution in [-0.2, 0) is 6.42 Å². The van der Waals surface area contributed by atoms with Gasteiger partial charge < -0.3 is 5.11 Å². The predicted molar refractivity (Wildman–Crippen MR) is 88.5 cm³/mol. The number of rotatable bonds is 6. The van der Waals surface area contributed by atoms with Gasteiger partial charge in [0.05, 0.1) is 6.10 Å². The normalized spacial score (nSPS) is 14.1. The Kier molecular flexibility index (Phi) is 4.84. The number of hydrogen-bond acceptors (Lipinski definition) is 3. The third kappa shape index (κ3) is 2.90. The van der Waals surface area contributed by atoms with Crippen LogP contribution in [-0.4, -0.2) is 34.7 Å². The minimum Gasteiger partial charge on any atom is -0.391 e. The van der Waals surface area contributed by atoms with Gasteiger partial charge in [-0.2, -0.15) is 0 Å². The number of aliphatic hydroxyl groups is 1. The van der Waals surface area contributed by atoms with Crippen molar-refractivity contribution >= 4 is 21.4 Å². The average Bonchev–Trinajstić information content (AvgIpc) is 2.83. The molecule has 1 atom stereocenters. The molecule has 0 bridgehead atoms. The molecule has 20 heavy (non-hydrogen) atoms. The molecular weight excluding hydrogens is 266 g/mol. The molecule has 0 aliphatic heterocycles. The number of thiophene rings is 1. The zero-order valence-electron chi connectivity index (χ0n) is 12.9. The second-order valence-electron chi connectivity index (χ2n) is 5.80. The third-order valence-corrected chi connectivity index (χ3v) is 5.38.